The fraction of sp³-hybridized carbons (Fsp3) is 0.381. The van der Waals surface area contributed by atoms with Crippen LogP contribution in [0.1, 0.15) is 34.1 Å². The molecule has 0 bridgehead atoms. The Balaban J connectivity index is 1.87. The van der Waals surface area contributed by atoms with E-state index in [9.17, 15) is 4.79 Å². The Kier molecular flexibility index (Phi) is 6.64. The zero-order chi connectivity index (χ0) is 20.9. The first-order valence-electron chi connectivity index (χ1n) is 9.60. The molecule has 1 N–H and O–H groups in total. The highest BCUT2D eigenvalue weighted by Gasteiger charge is 2.21. The molecule has 2 heterocycles. The number of nitrogens with one attached hydrogen (secondary N) is 1. The molecule has 8 heteroatoms. The largest absolute Gasteiger partial charge is 0.494 e. The standard InChI is InChI=1S/C21H26N4O3S/c1-5-21(3,4)22-18(26)14-29-20-24-23-19(17-8-7-13-28-17)25(20)15-9-11-16(12-10-15)27-6-2/h7-13H,5-6,14H2,1-4H3,(H,22,26). The summed E-state index contributed by atoms with van der Waals surface area (Å²) in [7, 11) is 0. The maximum absolute atomic E-state index is 12.4. The monoisotopic (exact) mass is 414 g/mol. The molecule has 0 unspecified atom stereocenters. The fourth-order valence-corrected chi connectivity index (χ4v) is 3.40. The number of hydrogen-bond acceptors (Lipinski definition) is 6. The van der Waals surface area contributed by atoms with Crippen LogP contribution in [-0.4, -0.2) is 38.6 Å². The second-order valence-corrected chi connectivity index (χ2v) is 8.06. The molecule has 1 aromatic carbocycles. The molecule has 154 valence electrons. The second-order valence-electron chi connectivity index (χ2n) is 7.12. The van der Waals surface area contributed by atoms with Crippen molar-refractivity contribution < 1.29 is 13.9 Å². The van der Waals surface area contributed by atoms with E-state index < -0.39 is 0 Å². The second kappa shape index (κ2) is 9.17. The molecule has 0 aliphatic carbocycles. The van der Waals surface area contributed by atoms with Gasteiger partial charge in [-0.15, -0.1) is 10.2 Å². The third-order valence-electron chi connectivity index (χ3n) is 4.47. The van der Waals surface area contributed by atoms with E-state index in [4.69, 9.17) is 9.15 Å². The minimum atomic E-state index is -0.236. The molecular weight excluding hydrogens is 388 g/mol. The number of carbonyl (C=O) groups excluding carboxylic acids is 1. The van der Waals surface area contributed by atoms with Crippen molar-refractivity contribution >= 4 is 17.7 Å². The van der Waals surface area contributed by atoms with Crippen LogP contribution in [0.5, 0.6) is 5.75 Å². The smallest absolute Gasteiger partial charge is 0.230 e. The van der Waals surface area contributed by atoms with Gasteiger partial charge in [0.2, 0.25) is 11.7 Å². The molecule has 0 aliphatic rings. The van der Waals surface area contributed by atoms with Crippen molar-refractivity contribution in [3.8, 4) is 23.0 Å². The summed E-state index contributed by atoms with van der Waals surface area (Å²) < 4.78 is 12.9. The van der Waals surface area contributed by atoms with Gasteiger partial charge in [0.1, 0.15) is 5.75 Å². The lowest BCUT2D eigenvalue weighted by Crippen LogP contribution is -2.43. The molecule has 3 aromatic rings. The van der Waals surface area contributed by atoms with E-state index in [0.717, 1.165) is 17.9 Å². The molecule has 0 saturated heterocycles. The highest BCUT2D eigenvalue weighted by molar-refractivity contribution is 7.99. The van der Waals surface area contributed by atoms with Gasteiger partial charge in [-0.1, -0.05) is 18.7 Å². The Morgan fingerprint density at radius 2 is 1.97 bits per heavy atom. The molecule has 7 nitrogen and oxygen atoms in total. The van der Waals surface area contributed by atoms with Gasteiger partial charge in [-0.25, -0.2) is 0 Å². The van der Waals surface area contributed by atoms with Crippen LogP contribution in [0.25, 0.3) is 17.3 Å². The predicted molar refractivity (Wildman–Crippen MR) is 113 cm³/mol. The summed E-state index contributed by atoms with van der Waals surface area (Å²) in [5, 5.41) is 12.3. The van der Waals surface area contributed by atoms with E-state index in [2.05, 4.69) is 15.5 Å². The van der Waals surface area contributed by atoms with Crippen molar-refractivity contribution in [1.82, 2.24) is 20.1 Å². The Morgan fingerprint density at radius 3 is 2.59 bits per heavy atom. The number of furan rings is 1. The lowest BCUT2D eigenvalue weighted by atomic mass is 10.0. The molecule has 0 fully saturated rings. The van der Waals surface area contributed by atoms with Gasteiger partial charge in [-0.05, 0) is 63.6 Å². The zero-order valence-electron chi connectivity index (χ0n) is 17.1. The Morgan fingerprint density at radius 1 is 1.21 bits per heavy atom. The number of ether oxygens (including phenoxy) is 1. The average molecular weight is 415 g/mol. The number of rotatable bonds is 9. The van der Waals surface area contributed by atoms with Gasteiger partial charge in [-0.3, -0.25) is 9.36 Å². The van der Waals surface area contributed by atoms with Gasteiger partial charge >= 0.3 is 0 Å². The Bertz CT molecular complexity index is 934. The Labute approximate surface area is 174 Å². The molecule has 0 atom stereocenters. The molecular formula is C21H26N4O3S. The number of nitrogens with zero attached hydrogens (tertiary/aromatic N) is 3. The first-order chi connectivity index (χ1) is 13.9. The van der Waals surface area contributed by atoms with Crippen LogP contribution in [0.4, 0.5) is 0 Å². The zero-order valence-corrected chi connectivity index (χ0v) is 18.0. The first kappa shape index (κ1) is 21.0. The van der Waals surface area contributed by atoms with E-state index in [-0.39, 0.29) is 17.2 Å². The number of carbonyl (C=O) groups is 1. The number of aromatic nitrogens is 3. The minimum absolute atomic E-state index is 0.0392. The highest BCUT2D eigenvalue weighted by atomic mass is 32.2. The van der Waals surface area contributed by atoms with Crippen LogP contribution < -0.4 is 10.1 Å². The van der Waals surface area contributed by atoms with Crippen molar-refractivity contribution in [1.29, 1.82) is 0 Å². The maximum atomic E-state index is 12.4. The number of thioether (sulfide) groups is 1. The third kappa shape index (κ3) is 5.20. The van der Waals surface area contributed by atoms with Gasteiger partial charge < -0.3 is 14.5 Å². The lowest BCUT2D eigenvalue weighted by molar-refractivity contribution is -0.120. The van der Waals surface area contributed by atoms with Crippen LogP contribution in [0.2, 0.25) is 0 Å². The molecule has 0 radical (unpaired) electrons. The van der Waals surface area contributed by atoms with Crippen LogP contribution in [0.15, 0.2) is 52.2 Å². The van der Waals surface area contributed by atoms with Crippen molar-refractivity contribution in [2.75, 3.05) is 12.4 Å². The summed E-state index contributed by atoms with van der Waals surface area (Å²) in [6.07, 6.45) is 2.45. The fourth-order valence-electron chi connectivity index (χ4n) is 2.65. The van der Waals surface area contributed by atoms with Crippen LogP contribution in [0, 0.1) is 0 Å². The van der Waals surface area contributed by atoms with Gasteiger partial charge in [-0.2, -0.15) is 0 Å². The average Bonchev–Trinajstić information content (AvgIpc) is 3.36. The molecule has 0 saturated carbocycles. The van der Waals surface area contributed by atoms with Crippen molar-refractivity contribution in [3.05, 3.63) is 42.7 Å². The summed E-state index contributed by atoms with van der Waals surface area (Å²) in [4.78, 5) is 12.4. The summed E-state index contributed by atoms with van der Waals surface area (Å²) >= 11 is 1.34. The molecule has 0 aliphatic heterocycles. The molecule has 3 rings (SSSR count). The van der Waals surface area contributed by atoms with Crippen LogP contribution >= 0.6 is 11.8 Å². The van der Waals surface area contributed by atoms with E-state index in [1.54, 1.807) is 12.3 Å². The summed E-state index contributed by atoms with van der Waals surface area (Å²) in [6.45, 7) is 8.61. The van der Waals surface area contributed by atoms with Gasteiger partial charge in [0.25, 0.3) is 0 Å². The minimum Gasteiger partial charge on any atom is -0.494 e. The predicted octanol–water partition coefficient (Wildman–Crippen LogP) is 4.32. The summed E-state index contributed by atoms with van der Waals surface area (Å²) in [6, 6.07) is 11.3. The quantitative estimate of drug-likeness (QED) is 0.525. The summed E-state index contributed by atoms with van der Waals surface area (Å²) in [5.41, 5.74) is 0.626. The van der Waals surface area contributed by atoms with Gasteiger partial charge in [0, 0.05) is 5.54 Å². The van der Waals surface area contributed by atoms with Gasteiger partial charge in [0.15, 0.2) is 10.9 Å². The normalized spacial score (nSPS) is 11.4. The van der Waals surface area contributed by atoms with Crippen LogP contribution in [-0.2, 0) is 4.79 Å². The van der Waals surface area contributed by atoms with Crippen molar-refractivity contribution in [3.63, 3.8) is 0 Å². The topological polar surface area (TPSA) is 82.2 Å². The van der Waals surface area contributed by atoms with Crippen molar-refractivity contribution in [2.45, 2.75) is 44.8 Å². The molecule has 2 aromatic heterocycles. The molecule has 29 heavy (non-hydrogen) atoms. The van der Waals surface area contributed by atoms with Gasteiger partial charge in [0.05, 0.1) is 24.3 Å². The third-order valence-corrected chi connectivity index (χ3v) is 5.40. The molecule has 0 spiro atoms. The van der Waals surface area contributed by atoms with E-state index in [1.807, 2.05) is 62.6 Å². The first-order valence-corrected chi connectivity index (χ1v) is 10.6. The van der Waals surface area contributed by atoms with E-state index in [0.29, 0.717) is 23.3 Å². The lowest BCUT2D eigenvalue weighted by Gasteiger charge is -2.24. The van der Waals surface area contributed by atoms with Crippen molar-refractivity contribution in [2.24, 2.45) is 0 Å². The Hall–Kier alpha value is -2.74. The highest BCUT2D eigenvalue weighted by Crippen LogP contribution is 2.29. The SMILES string of the molecule is CCOc1ccc(-n2c(SCC(=O)NC(C)(C)CC)nnc2-c2ccco2)cc1. The van der Waals surface area contributed by atoms with E-state index in [1.165, 1.54) is 11.8 Å². The molecule has 1 amide bonds. The van der Waals surface area contributed by atoms with E-state index >= 15 is 0 Å². The summed E-state index contributed by atoms with van der Waals surface area (Å²) in [5.74, 6) is 2.18. The maximum Gasteiger partial charge on any atom is 0.230 e. The number of benzene rings is 1. The number of hydrogen-bond donors (Lipinski definition) is 1. The van der Waals surface area contributed by atoms with Crippen LogP contribution in [0.3, 0.4) is 0 Å². The number of amides is 1.